The van der Waals surface area contributed by atoms with Crippen LogP contribution in [0.4, 0.5) is 5.82 Å². The summed E-state index contributed by atoms with van der Waals surface area (Å²) < 4.78 is 14.4. The number of esters is 1. The van der Waals surface area contributed by atoms with Crippen LogP contribution in [0.5, 0.6) is 0 Å². The van der Waals surface area contributed by atoms with Crippen molar-refractivity contribution in [1.82, 2.24) is 29.3 Å². The number of nitrogens with zero attached hydrogens (tertiary/aromatic N) is 6. The summed E-state index contributed by atoms with van der Waals surface area (Å²) in [6.07, 6.45) is 5.14. The van der Waals surface area contributed by atoms with Gasteiger partial charge in [-0.15, -0.1) is 0 Å². The molecular weight excluding hydrogens is 446 g/mol. The third kappa shape index (κ3) is 4.15. The predicted molar refractivity (Wildman–Crippen MR) is 121 cm³/mol. The summed E-state index contributed by atoms with van der Waals surface area (Å²) in [7, 11) is 0. The van der Waals surface area contributed by atoms with Crippen LogP contribution in [0.1, 0.15) is 16.9 Å². The van der Waals surface area contributed by atoms with Gasteiger partial charge in [0.2, 0.25) is 0 Å². The Bertz CT molecular complexity index is 1430. The van der Waals surface area contributed by atoms with E-state index in [4.69, 9.17) is 26.5 Å². The molecule has 0 aliphatic carbocycles. The Labute approximate surface area is 192 Å². The molecule has 0 amide bonds. The second-order valence-electron chi connectivity index (χ2n) is 7.14. The van der Waals surface area contributed by atoms with Gasteiger partial charge >= 0.3 is 5.97 Å². The first kappa shape index (κ1) is 20.7. The number of imidazole rings is 1. The molecule has 4 aromatic heterocycles. The number of nitrogens with two attached hydrogens (primary N) is 1. The van der Waals surface area contributed by atoms with E-state index in [9.17, 15) is 4.79 Å². The van der Waals surface area contributed by atoms with Gasteiger partial charge in [0.15, 0.2) is 22.9 Å². The Balaban J connectivity index is 1.29. The molecule has 0 saturated carbocycles. The molecule has 33 heavy (non-hydrogen) atoms. The highest BCUT2D eigenvalue weighted by molar-refractivity contribution is 6.30. The van der Waals surface area contributed by atoms with Crippen molar-refractivity contribution in [3.8, 4) is 17.1 Å². The molecule has 0 unspecified atom stereocenters. The predicted octanol–water partition coefficient (Wildman–Crippen LogP) is 3.75. The van der Waals surface area contributed by atoms with Gasteiger partial charge in [-0.1, -0.05) is 17.7 Å². The number of hydrogen-bond donors (Lipinski definition) is 1. The Morgan fingerprint density at radius 2 is 2.06 bits per heavy atom. The fraction of sp³-hybridized carbons (Fsp3) is 0.136. The number of halogens is 1. The quantitative estimate of drug-likeness (QED) is 0.285. The minimum atomic E-state index is -0.536. The fourth-order valence-corrected chi connectivity index (χ4v) is 3.61. The van der Waals surface area contributed by atoms with E-state index in [1.54, 1.807) is 47.6 Å². The standard InChI is InChI=1S/C22H18ClN7O3/c23-14-4-1-5-15(10-14)30-17(18-6-2-8-32-18)11-16(28-30)22(31)33-9-3-7-29-13-27-19-20(24)25-12-26-21(19)29/h1-2,4-6,8,10-13H,3,7,9H2,(H2,24,25,26). The molecule has 11 heteroatoms. The van der Waals surface area contributed by atoms with Crippen LogP contribution < -0.4 is 5.73 Å². The summed E-state index contributed by atoms with van der Waals surface area (Å²) in [4.78, 5) is 25.0. The maximum absolute atomic E-state index is 12.7. The second kappa shape index (κ2) is 8.75. The number of anilines is 1. The lowest BCUT2D eigenvalue weighted by atomic mass is 10.2. The van der Waals surface area contributed by atoms with E-state index >= 15 is 0 Å². The van der Waals surface area contributed by atoms with Crippen LogP contribution in [-0.4, -0.2) is 41.9 Å². The number of rotatable bonds is 7. The van der Waals surface area contributed by atoms with Crippen LogP contribution in [0.3, 0.4) is 0 Å². The monoisotopic (exact) mass is 463 g/mol. The Kier molecular flexibility index (Phi) is 5.49. The molecule has 0 fully saturated rings. The van der Waals surface area contributed by atoms with Crippen molar-refractivity contribution in [3.05, 3.63) is 72.1 Å². The van der Waals surface area contributed by atoms with Gasteiger partial charge in [-0.2, -0.15) is 5.10 Å². The minimum absolute atomic E-state index is 0.162. The lowest BCUT2D eigenvalue weighted by Gasteiger charge is -2.06. The molecule has 166 valence electrons. The zero-order chi connectivity index (χ0) is 22.8. The summed E-state index contributed by atoms with van der Waals surface area (Å²) in [6, 6.07) is 12.3. The van der Waals surface area contributed by atoms with E-state index < -0.39 is 5.97 Å². The molecule has 1 aromatic carbocycles. The number of ether oxygens (including phenoxy) is 1. The molecule has 5 rings (SSSR count). The first-order valence-corrected chi connectivity index (χ1v) is 10.5. The number of aromatic nitrogens is 6. The van der Waals surface area contributed by atoms with Crippen molar-refractivity contribution in [3.63, 3.8) is 0 Å². The number of benzene rings is 1. The molecule has 0 atom stereocenters. The normalized spacial score (nSPS) is 11.2. The minimum Gasteiger partial charge on any atom is -0.463 e. The number of fused-ring (bicyclic) bond motifs is 1. The lowest BCUT2D eigenvalue weighted by molar-refractivity contribution is 0.0489. The highest BCUT2D eigenvalue weighted by Gasteiger charge is 2.19. The van der Waals surface area contributed by atoms with Crippen LogP contribution in [0, 0.1) is 0 Å². The first-order valence-electron chi connectivity index (χ1n) is 10.1. The fourth-order valence-electron chi connectivity index (χ4n) is 3.42. The summed E-state index contributed by atoms with van der Waals surface area (Å²) in [6.45, 7) is 0.744. The number of nitrogen functional groups attached to an aromatic ring is 1. The Morgan fingerprint density at radius 3 is 2.88 bits per heavy atom. The van der Waals surface area contributed by atoms with Crippen molar-refractivity contribution < 1.29 is 13.9 Å². The maximum Gasteiger partial charge on any atom is 0.358 e. The molecule has 4 heterocycles. The molecule has 0 aliphatic heterocycles. The summed E-state index contributed by atoms with van der Waals surface area (Å²) >= 11 is 6.14. The van der Waals surface area contributed by atoms with Crippen molar-refractivity contribution in [2.45, 2.75) is 13.0 Å². The SMILES string of the molecule is Nc1ncnc2c1ncn2CCCOC(=O)c1cc(-c2ccco2)n(-c2cccc(Cl)c2)n1. The number of aryl methyl sites for hydroxylation is 1. The molecule has 0 spiro atoms. The van der Waals surface area contributed by atoms with Gasteiger partial charge in [0.05, 0.1) is 24.9 Å². The molecule has 0 radical (unpaired) electrons. The molecule has 0 aliphatic rings. The summed E-state index contributed by atoms with van der Waals surface area (Å²) in [5.41, 5.74) is 8.46. The average molecular weight is 464 g/mol. The largest absolute Gasteiger partial charge is 0.463 e. The smallest absolute Gasteiger partial charge is 0.358 e. The summed E-state index contributed by atoms with van der Waals surface area (Å²) in [5.74, 6) is 0.355. The second-order valence-corrected chi connectivity index (χ2v) is 7.58. The van der Waals surface area contributed by atoms with Gasteiger partial charge in [-0.05, 0) is 36.8 Å². The molecule has 2 N–H and O–H groups in total. The number of carbonyl (C=O) groups is 1. The summed E-state index contributed by atoms with van der Waals surface area (Å²) in [5, 5.41) is 4.99. The third-order valence-corrected chi connectivity index (χ3v) is 5.19. The van der Waals surface area contributed by atoms with Crippen LogP contribution in [-0.2, 0) is 11.3 Å². The lowest BCUT2D eigenvalue weighted by Crippen LogP contribution is -2.10. The zero-order valence-electron chi connectivity index (χ0n) is 17.3. The van der Waals surface area contributed by atoms with Gasteiger partial charge in [-0.3, -0.25) is 0 Å². The molecular formula is C22H18ClN7O3. The van der Waals surface area contributed by atoms with Crippen molar-refractivity contribution >= 4 is 34.6 Å². The topological polar surface area (TPSA) is 127 Å². The van der Waals surface area contributed by atoms with Crippen LogP contribution >= 0.6 is 11.6 Å². The molecule has 0 saturated heterocycles. The van der Waals surface area contributed by atoms with E-state index in [1.165, 1.54) is 6.33 Å². The van der Waals surface area contributed by atoms with Gasteiger partial charge < -0.3 is 19.5 Å². The van der Waals surface area contributed by atoms with Crippen molar-refractivity contribution in [2.24, 2.45) is 0 Å². The molecule has 0 bridgehead atoms. The number of hydrogen-bond acceptors (Lipinski definition) is 8. The first-order chi connectivity index (χ1) is 16.1. The van der Waals surface area contributed by atoms with Crippen LogP contribution in [0.2, 0.25) is 5.02 Å². The van der Waals surface area contributed by atoms with E-state index in [0.29, 0.717) is 52.1 Å². The van der Waals surface area contributed by atoms with Crippen molar-refractivity contribution in [1.29, 1.82) is 0 Å². The van der Waals surface area contributed by atoms with Gasteiger partial charge in [0.25, 0.3) is 0 Å². The zero-order valence-corrected chi connectivity index (χ0v) is 18.0. The molecule has 10 nitrogen and oxygen atoms in total. The van der Waals surface area contributed by atoms with E-state index in [-0.39, 0.29) is 12.3 Å². The average Bonchev–Trinajstić information content (AvgIpc) is 3.56. The molecule has 5 aromatic rings. The van der Waals surface area contributed by atoms with Crippen molar-refractivity contribution in [2.75, 3.05) is 12.3 Å². The Hall–Kier alpha value is -4.18. The number of furan rings is 1. The number of carbonyl (C=O) groups excluding carboxylic acids is 1. The highest BCUT2D eigenvalue weighted by Crippen LogP contribution is 2.26. The third-order valence-electron chi connectivity index (χ3n) is 4.95. The van der Waals surface area contributed by atoms with Gasteiger partial charge in [-0.25, -0.2) is 24.4 Å². The van der Waals surface area contributed by atoms with Gasteiger partial charge in [0.1, 0.15) is 17.5 Å². The van der Waals surface area contributed by atoms with E-state index in [0.717, 1.165) is 0 Å². The maximum atomic E-state index is 12.7. The Morgan fingerprint density at radius 1 is 1.15 bits per heavy atom. The van der Waals surface area contributed by atoms with E-state index in [1.807, 2.05) is 16.7 Å². The van der Waals surface area contributed by atoms with Gasteiger partial charge in [0, 0.05) is 17.6 Å². The highest BCUT2D eigenvalue weighted by atomic mass is 35.5. The van der Waals surface area contributed by atoms with Crippen LogP contribution in [0.15, 0.2) is 65.8 Å². The van der Waals surface area contributed by atoms with Crippen LogP contribution in [0.25, 0.3) is 28.3 Å². The van der Waals surface area contributed by atoms with E-state index in [2.05, 4.69) is 20.1 Å².